The van der Waals surface area contributed by atoms with Crippen LogP contribution in [0.4, 0.5) is 0 Å². The van der Waals surface area contributed by atoms with Crippen LogP contribution in [0.15, 0.2) is 24.3 Å². The monoisotopic (exact) mass is 302 g/mol. The topological polar surface area (TPSA) is 18.5 Å². The van der Waals surface area contributed by atoms with Crippen molar-refractivity contribution in [2.75, 3.05) is 6.61 Å². The Morgan fingerprint density at radius 1 is 1.00 bits per heavy atom. The van der Waals surface area contributed by atoms with Gasteiger partial charge in [-0.05, 0) is 38.3 Å². The van der Waals surface area contributed by atoms with Gasteiger partial charge in [0.1, 0.15) is 5.75 Å². The van der Waals surface area contributed by atoms with E-state index in [-0.39, 0.29) is 37.3 Å². The predicted molar refractivity (Wildman–Crippen MR) is 86.4 cm³/mol. The van der Waals surface area contributed by atoms with Crippen LogP contribution in [0.1, 0.15) is 66.3 Å². The first-order valence-corrected chi connectivity index (χ1v) is 8.14. The molecule has 2 nitrogen and oxygen atoms in total. The van der Waals surface area contributed by atoms with Crippen LogP contribution >= 0.6 is 0 Å². The van der Waals surface area contributed by atoms with E-state index >= 15 is 0 Å². The van der Waals surface area contributed by atoms with Crippen LogP contribution in [0.25, 0.3) is 0 Å². The maximum absolute atomic E-state index is 5.86. The number of unbranched alkanes of at least 4 members (excludes halogenated alkanes) is 5. The Morgan fingerprint density at radius 2 is 1.67 bits per heavy atom. The number of hydrogen-bond donors (Lipinski definition) is 0. The summed E-state index contributed by atoms with van der Waals surface area (Å²) in [6, 6.07) is 8.32. The van der Waals surface area contributed by atoms with Crippen molar-refractivity contribution in [3.63, 3.8) is 0 Å². The minimum Gasteiger partial charge on any atom is -1.00 e. The molecule has 21 heavy (non-hydrogen) atoms. The van der Waals surface area contributed by atoms with E-state index in [0.717, 1.165) is 12.2 Å². The van der Waals surface area contributed by atoms with E-state index in [1.807, 2.05) is 26.0 Å². The molecule has 3 heteroatoms. The third-order valence-corrected chi connectivity index (χ3v) is 3.47. The van der Waals surface area contributed by atoms with Gasteiger partial charge in [0, 0.05) is 6.61 Å². The molecule has 0 saturated heterocycles. The Bertz CT molecular complexity index is 361. The summed E-state index contributed by atoms with van der Waals surface area (Å²) in [6.45, 7) is 6.88. The number of benzene rings is 1. The molecule has 0 fully saturated rings. The number of hydrogen-bond acceptors (Lipinski definition) is 2. The normalized spacial score (nSPS) is 11.8. The van der Waals surface area contributed by atoms with E-state index in [1.54, 1.807) is 0 Å². The van der Waals surface area contributed by atoms with E-state index in [9.17, 15) is 0 Å². The van der Waals surface area contributed by atoms with Gasteiger partial charge in [0.15, 0.2) is 6.29 Å². The smallest absolute Gasteiger partial charge is 1.00 e. The Balaban J connectivity index is 0. The summed E-state index contributed by atoms with van der Waals surface area (Å²) in [4.78, 5) is 0. The van der Waals surface area contributed by atoms with Crippen molar-refractivity contribution >= 4 is 0 Å². The SMILES string of the molecule is CCCCCCCCc1ccccc1OC(C)OCC.[H-].[Na+]. The van der Waals surface area contributed by atoms with E-state index in [2.05, 4.69) is 19.1 Å². The van der Waals surface area contributed by atoms with Crippen LogP contribution in [-0.2, 0) is 11.2 Å². The van der Waals surface area contributed by atoms with Crippen LogP contribution in [0.5, 0.6) is 5.75 Å². The van der Waals surface area contributed by atoms with Gasteiger partial charge in [-0.2, -0.15) is 0 Å². The van der Waals surface area contributed by atoms with Crippen LogP contribution in [0.2, 0.25) is 0 Å². The predicted octanol–water partition coefficient (Wildman–Crippen LogP) is 2.47. The maximum atomic E-state index is 5.86. The van der Waals surface area contributed by atoms with Gasteiger partial charge in [0.05, 0.1) is 0 Å². The van der Waals surface area contributed by atoms with Gasteiger partial charge in [0.25, 0.3) is 0 Å². The van der Waals surface area contributed by atoms with Gasteiger partial charge in [-0.15, -0.1) is 0 Å². The Kier molecular flexibility index (Phi) is 13.6. The van der Waals surface area contributed by atoms with Crippen molar-refractivity contribution in [1.29, 1.82) is 0 Å². The van der Waals surface area contributed by atoms with E-state index in [1.165, 1.54) is 44.1 Å². The summed E-state index contributed by atoms with van der Waals surface area (Å²) >= 11 is 0. The van der Waals surface area contributed by atoms with Crippen molar-refractivity contribution in [1.82, 2.24) is 0 Å². The first-order chi connectivity index (χ1) is 9.77. The second kappa shape index (κ2) is 13.6. The second-order valence-corrected chi connectivity index (χ2v) is 5.27. The van der Waals surface area contributed by atoms with Crippen molar-refractivity contribution in [2.45, 2.75) is 72.0 Å². The molecule has 116 valence electrons. The Morgan fingerprint density at radius 3 is 2.38 bits per heavy atom. The van der Waals surface area contributed by atoms with Crippen LogP contribution < -0.4 is 34.3 Å². The van der Waals surface area contributed by atoms with Gasteiger partial charge in [0.2, 0.25) is 0 Å². The molecule has 1 atom stereocenters. The molecule has 0 aliphatic heterocycles. The van der Waals surface area contributed by atoms with Gasteiger partial charge in [-0.1, -0.05) is 57.2 Å². The van der Waals surface area contributed by atoms with Crippen LogP contribution in [-0.4, -0.2) is 12.9 Å². The minimum absolute atomic E-state index is 0. The standard InChI is InChI=1S/C18H30O2.Na.H/c1-4-6-7-8-9-10-13-17-14-11-12-15-18(17)20-16(3)19-5-2;;/h11-12,14-16H,4-10,13H2,1-3H3;;/q;+1;-1. The van der Waals surface area contributed by atoms with Crippen molar-refractivity contribution in [2.24, 2.45) is 0 Å². The third kappa shape index (κ3) is 9.57. The first-order valence-electron chi connectivity index (χ1n) is 8.14. The maximum Gasteiger partial charge on any atom is 1.00 e. The van der Waals surface area contributed by atoms with Crippen LogP contribution in [0, 0.1) is 0 Å². The molecule has 0 aliphatic rings. The zero-order valence-corrected chi connectivity index (χ0v) is 16.4. The molecule has 0 aromatic heterocycles. The molecule has 0 aliphatic carbocycles. The van der Waals surface area contributed by atoms with Crippen molar-refractivity contribution in [3.8, 4) is 5.75 Å². The van der Waals surface area contributed by atoms with Gasteiger partial charge in [-0.3, -0.25) is 0 Å². The Labute approximate surface area is 154 Å². The molecule has 0 radical (unpaired) electrons. The average molecular weight is 302 g/mol. The van der Waals surface area contributed by atoms with Gasteiger partial charge < -0.3 is 10.9 Å². The number of rotatable bonds is 11. The quantitative estimate of drug-likeness (QED) is 0.355. The molecule has 0 bridgehead atoms. The largest absolute Gasteiger partial charge is 1.00 e. The first kappa shape index (κ1) is 21.0. The van der Waals surface area contributed by atoms with E-state index in [4.69, 9.17) is 9.47 Å². The number of ether oxygens (including phenoxy) is 2. The fraction of sp³-hybridized carbons (Fsp3) is 0.667. The molecular formula is C18H31NaO2. The van der Waals surface area contributed by atoms with E-state index in [0.29, 0.717) is 6.61 Å². The molecular weight excluding hydrogens is 271 g/mol. The van der Waals surface area contributed by atoms with Crippen molar-refractivity contribution in [3.05, 3.63) is 29.8 Å². The molecule has 1 rings (SSSR count). The number of aryl methyl sites for hydroxylation is 1. The zero-order valence-electron chi connectivity index (χ0n) is 15.4. The molecule has 0 saturated carbocycles. The molecule has 0 heterocycles. The third-order valence-electron chi connectivity index (χ3n) is 3.47. The summed E-state index contributed by atoms with van der Waals surface area (Å²) in [5.74, 6) is 0.974. The summed E-state index contributed by atoms with van der Waals surface area (Å²) in [5.41, 5.74) is 1.30. The van der Waals surface area contributed by atoms with Crippen LogP contribution in [0.3, 0.4) is 0 Å². The number of para-hydroxylation sites is 1. The average Bonchev–Trinajstić information content (AvgIpc) is 2.44. The van der Waals surface area contributed by atoms with Crippen molar-refractivity contribution < 1.29 is 40.5 Å². The summed E-state index contributed by atoms with van der Waals surface area (Å²) in [5, 5.41) is 0. The van der Waals surface area contributed by atoms with Gasteiger partial charge >= 0.3 is 29.6 Å². The zero-order chi connectivity index (χ0) is 14.6. The molecule has 0 amide bonds. The summed E-state index contributed by atoms with van der Waals surface area (Å²) in [6.07, 6.45) is 8.88. The molecule has 0 spiro atoms. The van der Waals surface area contributed by atoms with E-state index < -0.39 is 0 Å². The van der Waals surface area contributed by atoms with Gasteiger partial charge in [-0.25, -0.2) is 0 Å². The fourth-order valence-corrected chi connectivity index (χ4v) is 2.37. The fourth-order valence-electron chi connectivity index (χ4n) is 2.37. The summed E-state index contributed by atoms with van der Waals surface area (Å²) < 4.78 is 11.3. The Hall–Kier alpha value is -0.0200. The summed E-state index contributed by atoms with van der Waals surface area (Å²) in [7, 11) is 0. The minimum atomic E-state index is -0.175. The molecule has 1 aromatic carbocycles. The second-order valence-electron chi connectivity index (χ2n) is 5.27. The molecule has 0 N–H and O–H groups in total. The molecule has 1 aromatic rings. The molecule has 1 unspecified atom stereocenters.